The van der Waals surface area contributed by atoms with Crippen LogP contribution in [0.1, 0.15) is 71.1 Å². The van der Waals surface area contributed by atoms with E-state index in [-0.39, 0.29) is 0 Å². The molecule has 0 aromatic carbocycles. The van der Waals surface area contributed by atoms with E-state index in [9.17, 15) is 0 Å². The number of nitrogens with zero attached hydrogens (tertiary/aromatic N) is 2. The van der Waals surface area contributed by atoms with E-state index >= 15 is 0 Å². The minimum Gasteiger partial charge on any atom is -0.0909 e. The molecule has 2 unspecified atom stereocenters. The molecule has 0 aliphatic rings. The third-order valence-corrected chi connectivity index (χ3v) is 14.3. The second-order valence-corrected chi connectivity index (χ2v) is 16.4. The maximum absolute atomic E-state index is 6.18. The highest BCUT2D eigenvalue weighted by Gasteiger charge is 2.30. The molecule has 0 saturated heterocycles. The molecule has 2 atom stereocenters. The Morgan fingerprint density at radius 3 is 1.87 bits per heavy atom. The van der Waals surface area contributed by atoms with Crippen LogP contribution in [0.15, 0.2) is 4.52 Å². The van der Waals surface area contributed by atoms with Gasteiger partial charge in [0.15, 0.2) is 0 Å². The molecule has 0 heterocycles. The lowest BCUT2D eigenvalue weighted by molar-refractivity contribution is 0.563. The number of hydrogen-bond acceptors (Lipinski definition) is 2. The Morgan fingerprint density at radius 1 is 0.913 bits per heavy atom. The van der Waals surface area contributed by atoms with Gasteiger partial charge in [-0.25, -0.2) is 0 Å². The van der Waals surface area contributed by atoms with Crippen LogP contribution in [0.2, 0.25) is 0 Å². The van der Waals surface area contributed by atoms with Crippen molar-refractivity contribution >= 4 is 88.7 Å². The van der Waals surface area contributed by atoms with Crippen LogP contribution in [0.3, 0.4) is 0 Å². The molecule has 0 spiro atoms. The molecule has 0 rings (SSSR count). The monoisotopic (exact) mass is 497 g/mol. The Bertz CT molecular complexity index is 316. The van der Waals surface area contributed by atoms with Gasteiger partial charge >= 0.3 is 7.22 Å². The van der Waals surface area contributed by atoms with Crippen LogP contribution in [0.25, 0.3) is 0 Å². The second kappa shape index (κ2) is 18.1. The van der Waals surface area contributed by atoms with Crippen molar-refractivity contribution in [3.63, 3.8) is 0 Å². The second-order valence-electron chi connectivity index (χ2n) is 5.03. The van der Waals surface area contributed by atoms with Gasteiger partial charge in [-0.2, -0.15) is 0 Å². The van der Waals surface area contributed by atoms with E-state index in [0.29, 0.717) is 0 Å². The molecule has 0 N–H and O–H groups in total. The van der Waals surface area contributed by atoms with E-state index in [1.165, 1.54) is 64.2 Å². The summed E-state index contributed by atoms with van der Waals surface area (Å²) in [6.07, 6.45) is 13.3. The van der Waals surface area contributed by atoms with Crippen LogP contribution in [0, 0.1) is 0 Å². The molecule has 23 heavy (non-hydrogen) atoms. The normalized spacial score (nSPS) is 14.0. The summed E-state index contributed by atoms with van der Waals surface area (Å²) in [5.41, 5.74) is 0. The van der Waals surface area contributed by atoms with Crippen LogP contribution in [-0.2, 0) is 0 Å². The number of halogens is 5. The topological polar surface area (TPSA) is 15.6 Å². The summed E-state index contributed by atoms with van der Waals surface area (Å²) in [5.74, 6) is 1.01. The fourth-order valence-electron chi connectivity index (χ4n) is 1.90. The molecule has 0 bridgehead atoms. The average molecular weight is 500 g/mol. The summed E-state index contributed by atoms with van der Waals surface area (Å²) in [6, 6.07) is 0. The molecule has 138 valence electrons. The van der Waals surface area contributed by atoms with Crippen molar-refractivity contribution in [2.45, 2.75) is 71.1 Å². The summed E-state index contributed by atoms with van der Waals surface area (Å²) < 4.78 is 5.41. The Hall–Kier alpha value is 2.72. The molecule has 0 saturated carbocycles. The van der Waals surface area contributed by atoms with Gasteiger partial charge < -0.3 is 0 Å². The molecule has 0 fully saturated rings. The van der Waals surface area contributed by atoms with E-state index in [1.807, 2.05) is 0 Å². The largest absolute Gasteiger partial charge is 0.446 e. The SMILES string of the molecule is CCCCCCCCCCCCSP(Cl)N=[P+](Cl)N(Cl)P(Cl)Cl. The standard InChI is InChI=1S/C12H25Cl5N2P3S/c1-2-3-4-5-6-7-8-9-10-11-12-23-22(17)18-21(16)19(13)20(14)15/h2-12H2,1H3/q+1. The first-order chi connectivity index (χ1) is 11.0. The Balaban J connectivity index is 3.49. The minimum atomic E-state index is -1.47. The van der Waals surface area contributed by atoms with Gasteiger partial charge in [0.25, 0.3) is 0 Å². The maximum Gasteiger partial charge on any atom is 0.446 e. The van der Waals surface area contributed by atoms with Crippen LogP contribution < -0.4 is 0 Å². The molecule has 0 aromatic heterocycles. The first-order valence-corrected chi connectivity index (χ1v) is 17.2. The van der Waals surface area contributed by atoms with E-state index in [2.05, 4.69) is 11.4 Å². The zero-order chi connectivity index (χ0) is 17.5. The molecule has 0 radical (unpaired) electrons. The zero-order valence-corrected chi connectivity index (χ0v) is 20.6. The lowest BCUT2D eigenvalue weighted by Gasteiger charge is -2.03. The predicted octanol–water partition coefficient (Wildman–Crippen LogP) is 11.0. The zero-order valence-electron chi connectivity index (χ0n) is 13.3. The molecule has 0 aliphatic carbocycles. The summed E-state index contributed by atoms with van der Waals surface area (Å²) in [6.45, 7) is -0.253. The predicted molar refractivity (Wildman–Crippen MR) is 119 cm³/mol. The highest BCUT2D eigenvalue weighted by Crippen LogP contribution is 2.68. The number of rotatable bonds is 15. The van der Waals surface area contributed by atoms with E-state index in [1.54, 1.807) is 11.4 Å². The van der Waals surface area contributed by atoms with Gasteiger partial charge in [0.1, 0.15) is 0 Å². The average Bonchev–Trinajstić information content (AvgIpc) is 2.51. The quantitative estimate of drug-likeness (QED) is 0.126. The van der Waals surface area contributed by atoms with Crippen LogP contribution in [-0.4, -0.2) is 9.71 Å². The van der Waals surface area contributed by atoms with Crippen molar-refractivity contribution in [2.75, 3.05) is 5.75 Å². The molecule has 11 heteroatoms. The Labute approximate surface area is 173 Å². The van der Waals surface area contributed by atoms with Gasteiger partial charge in [0, 0.05) is 21.5 Å². The minimum absolute atomic E-state index is 1.01. The first-order valence-electron chi connectivity index (χ1n) is 7.82. The Kier molecular flexibility index (Phi) is 20.2. The molecule has 0 amide bonds. The first kappa shape index (κ1) is 25.7. The van der Waals surface area contributed by atoms with Crippen molar-refractivity contribution in [3.8, 4) is 0 Å². The van der Waals surface area contributed by atoms with Crippen LogP contribution in [0.4, 0.5) is 0 Å². The maximum atomic E-state index is 6.18. The van der Waals surface area contributed by atoms with Crippen molar-refractivity contribution < 1.29 is 0 Å². The van der Waals surface area contributed by atoms with Crippen LogP contribution >= 0.6 is 88.7 Å². The van der Waals surface area contributed by atoms with Crippen LogP contribution in [0.5, 0.6) is 0 Å². The van der Waals surface area contributed by atoms with Gasteiger partial charge in [-0.1, -0.05) is 110 Å². The fraction of sp³-hybridized carbons (Fsp3) is 1.00. The van der Waals surface area contributed by atoms with E-state index in [4.69, 9.17) is 56.7 Å². The fourth-order valence-corrected chi connectivity index (χ4v) is 11.2. The van der Waals surface area contributed by atoms with Crippen molar-refractivity contribution in [1.29, 1.82) is 0 Å². The highest BCUT2D eigenvalue weighted by molar-refractivity contribution is 8.62. The van der Waals surface area contributed by atoms with Crippen molar-refractivity contribution in [1.82, 2.24) is 3.96 Å². The Morgan fingerprint density at radius 2 is 1.39 bits per heavy atom. The summed E-state index contributed by atoms with van der Waals surface area (Å²) in [7, 11) is -1.42. The van der Waals surface area contributed by atoms with E-state index < -0.39 is 20.6 Å². The van der Waals surface area contributed by atoms with E-state index in [0.717, 1.165) is 9.71 Å². The third-order valence-electron chi connectivity index (χ3n) is 3.10. The summed E-state index contributed by atoms with van der Waals surface area (Å²) >= 11 is 31.0. The van der Waals surface area contributed by atoms with Crippen molar-refractivity contribution in [3.05, 3.63) is 0 Å². The summed E-state index contributed by atoms with van der Waals surface area (Å²) in [5, 5.41) is 0. The molecule has 0 aromatic rings. The van der Waals surface area contributed by atoms with Crippen molar-refractivity contribution in [2.24, 2.45) is 4.52 Å². The van der Waals surface area contributed by atoms with Gasteiger partial charge in [0.05, 0.1) is 0 Å². The molecular weight excluding hydrogens is 474 g/mol. The smallest absolute Gasteiger partial charge is 0.0909 e. The van der Waals surface area contributed by atoms with Gasteiger partial charge in [-0.05, 0) is 10.9 Å². The highest BCUT2D eigenvalue weighted by atomic mass is 35.9. The van der Waals surface area contributed by atoms with Gasteiger partial charge in [-0.3, -0.25) is 0 Å². The number of hydrogen-bond donors (Lipinski definition) is 0. The third kappa shape index (κ3) is 16.6. The lowest BCUT2D eigenvalue weighted by Crippen LogP contribution is -1.83. The number of unbranched alkanes of at least 4 members (excludes halogenated alkanes) is 9. The lowest BCUT2D eigenvalue weighted by atomic mass is 10.1. The molecule has 0 aliphatic heterocycles. The van der Waals surface area contributed by atoms with Gasteiger partial charge in [0.2, 0.25) is 24.6 Å². The van der Waals surface area contributed by atoms with Gasteiger partial charge in [-0.15, -0.1) is 0 Å². The summed E-state index contributed by atoms with van der Waals surface area (Å²) in [4.78, 5) is 0. The molecular formula is C12H25Cl5N2P3S+. The molecule has 2 nitrogen and oxygen atoms in total.